The van der Waals surface area contributed by atoms with Gasteiger partial charge in [0.05, 0.1) is 16.1 Å². The largest absolute Gasteiger partial charge is 0.437 e. The second-order valence-corrected chi connectivity index (χ2v) is 5.09. The first kappa shape index (κ1) is 13.7. The van der Waals surface area contributed by atoms with Gasteiger partial charge in [-0.1, -0.05) is 24.6 Å². The second-order valence-electron chi connectivity index (χ2n) is 4.69. The standard InChI is InChI=1S/C15H13ClFN3O/c1-2-11-14-12(13(18)15(19)21-14)8(6-20-11)7-3-4-10(17)9(16)5-7/h3-6H,2,18-19H2,1H3. The molecule has 21 heavy (non-hydrogen) atoms. The molecule has 2 aromatic heterocycles. The van der Waals surface area contributed by atoms with Crippen molar-refractivity contribution < 1.29 is 8.81 Å². The van der Waals surface area contributed by atoms with Gasteiger partial charge < -0.3 is 15.9 Å². The van der Waals surface area contributed by atoms with Crippen LogP contribution in [-0.2, 0) is 6.42 Å². The lowest BCUT2D eigenvalue weighted by Gasteiger charge is -2.07. The van der Waals surface area contributed by atoms with Crippen molar-refractivity contribution in [3.63, 3.8) is 0 Å². The molecular weight excluding hydrogens is 293 g/mol. The normalized spacial score (nSPS) is 11.2. The van der Waals surface area contributed by atoms with Crippen molar-refractivity contribution in [2.24, 2.45) is 0 Å². The number of benzene rings is 1. The molecule has 0 atom stereocenters. The first-order valence-corrected chi connectivity index (χ1v) is 6.81. The summed E-state index contributed by atoms with van der Waals surface area (Å²) in [6.07, 6.45) is 2.36. The van der Waals surface area contributed by atoms with Crippen LogP contribution in [0.25, 0.3) is 22.1 Å². The molecule has 4 N–H and O–H groups in total. The van der Waals surface area contributed by atoms with E-state index in [1.165, 1.54) is 12.1 Å². The summed E-state index contributed by atoms with van der Waals surface area (Å²) in [6.45, 7) is 1.96. The van der Waals surface area contributed by atoms with E-state index in [1.807, 2.05) is 6.92 Å². The van der Waals surface area contributed by atoms with Gasteiger partial charge in [0.2, 0.25) is 5.88 Å². The van der Waals surface area contributed by atoms with Crippen LogP contribution >= 0.6 is 11.6 Å². The highest BCUT2D eigenvalue weighted by Gasteiger charge is 2.18. The van der Waals surface area contributed by atoms with E-state index in [2.05, 4.69) is 4.98 Å². The van der Waals surface area contributed by atoms with Crippen LogP contribution < -0.4 is 11.5 Å². The van der Waals surface area contributed by atoms with E-state index < -0.39 is 5.82 Å². The average molecular weight is 306 g/mol. The van der Waals surface area contributed by atoms with E-state index in [1.54, 1.807) is 12.3 Å². The molecule has 2 heterocycles. The Balaban J connectivity index is 2.35. The second kappa shape index (κ2) is 4.93. The lowest BCUT2D eigenvalue weighted by molar-refractivity contribution is 0.628. The van der Waals surface area contributed by atoms with Crippen LogP contribution in [0.2, 0.25) is 5.02 Å². The molecule has 0 aliphatic carbocycles. The fourth-order valence-electron chi connectivity index (χ4n) is 2.33. The number of halogens is 2. The summed E-state index contributed by atoms with van der Waals surface area (Å²) in [5.41, 5.74) is 14.9. The Morgan fingerprint density at radius 1 is 1.33 bits per heavy atom. The highest BCUT2D eigenvalue weighted by atomic mass is 35.5. The number of aryl methyl sites for hydroxylation is 1. The molecule has 0 saturated heterocycles. The fraction of sp³-hybridized carbons (Fsp3) is 0.133. The van der Waals surface area contributed by atoms with Crippen LogP contribution in [0.5, 0.6) is 0 Å². The summed E-state index contributed by atoms with van der Waals surface area (Å²) in [4.78, 5) is 4.37. The van der Waals surface area contributed by atoms with Gasteiger partial charge in [-0.3, -0.25) is 4.98 Å². The summed E-state index contributed by atoms with van der Waals surface area (Å²) < 4.78 is 18.8. The Bertz CT molecular complexity index is 845. The summed E-state index contributed by atoms with van der Waals surface area (Å²) in [5.74, 6) is -0.323. The molecule has 3 aromatic rings. The monoisotopic (exact) mass is 305 g/mol. The Morgan fingerprint density at radius 3 is 2.76 bits per heavy atom. The van der Waals surface area contributed by atoms with Gasteiger partial charge in [-0.05, 0) is 24.1 Å². The molecular formula is C15H13ClFN3O. The molecule has 0 aliphatic heterocycles. The molecule has 0 unspecified atom stereocenters. The van der Waals surface area contributed by atoms with Crippen LogP contribution in [0.15, 0.2) is 28.8 Å². The van der Waals surface area contributed by atoms with Crippen LogP contribution in [0.1, 0.15) is 12.6 Å². The van der Waals surface area contributed by atoms with Crippen LogP contribution in [0.3, 0.4) is 0 Å². The topological polar surface area (TPSA) is 78.1 Å². The number of anilines is 2. The highest BCUT2D eigenvalue weighted by Crippen LogP contribution is 2.39. The van der Waals surface area contributed by atoms with Gasteiger partial charge >= 0.3 is 0 Å². The quantitative estimate of drug-likeness (QED) is 0.749. The summed E-state index contributed by atoms with van der Waals surface area (Å²) in [6, 6.07) is 4.45. The minimum absolute atomic E-state index is 0.0373. The van der Waals surface area contributed by atoms with Gasteiger partial charge in [0.1, 0.15) is 11.5 Å². The van der Waals surface area contributed by atoms with Crippen molar-refractivity contribution in [2.75, 3.05) is 11.5 Å². The Kier molecular flexibility index (Phi) is 3.22. The van der Waals surface area contributed by atoms with Gasteiger partial charge in [-0.2, -0.15) is 0 Å². The molecule has 4 nitrogen and oxygen atoms in total. The maximum Gasteiger partial charge on any atom is 0.214 e. The van der Waals surface area contributed by atoms with Crippen molar-refractivity contribution in [2.45, 2.75) is 13.3 Å². The van der Waals surface area contributed by atoms with Crippen LogP contribution in [-0.4, -0.2) is 4.98 Å². The number of furan rings is 1. The molecule has 0 amide bonds. The number of rotatable bonds is 2. The molecule has 6 heteroatoms. The van der Waals surface area contributed by atoms with Crippen molar-refractivity contribution in [1.29, 1.82) is 0 Å². The van der Waals surface area contributed by atoms with Gasteiger partial charge in [-0.15, -0.1) is 0 Å². The molecule has 1 aromatic carbocycles. The molecule has 108 valence electrons. The Hall–Kier alpha value is -2.27. The van der Waals surface area contributed by atoms with E-state index in [4.69, 9.17) is 27.5 Å². The summed E-state index contributed by atoms with van der Waals surface area (Å²) >= 11 is 5.84. The third kappa shape index (κ3) is 2.10. The number of hydrogen-bond donors (Lipinski definition) is 2. The number of nitrogen functional groups attached to an aromatic ring is 2. The summed E-state index contributed by atoms with van der Waals surface area (Å²) in [5, 5.41) is 0.720. The van der Waals surface area contributed by atoms with Crippen molar-refractivity contribution in [3.8, 4) is 11.1 Å². The zero-order chi connectivity index (χ0) is 15.1. The molecule has 0 aliphatic rings. The third-order valence-corrected chi connectivity index (χ3v) is 3.71. The highest BCUT2D eigenvalue weighted by molar-refractivity contribution is 6.31. The number of nitrogens with two attached hydrogens (primary N) is 2. The zero-order valence-corrected chi connectivity index (χ0v) is 12.0. The van der Waals surface area contributed by atoms with Gasteiger partial charge in [0.25, 0.3) is 0 Å². The third-order valence-electron chi connectivity index (χ3n) is 3.42. The SMILES string of the molecule is CCc1ncc(-c2ccc(F)c(Cl)c2)c2c(N)c(N)oc12. The van der Waals surface area contributed by atoms with Crippen molar-refractivity contribution >= 4 is 34.1 Å². The zero-order valence-electron chi connectivity index (χ0n) is 11.3. The maximum atomic E-state index is 13.3. The number of hydrogen-bond acceptors (Lipinski definition) is 4. The first-order chi connectivity index (χ1) is 10.0. The van der Waals surface area contributed by atoms with Gasteiger partial charge in [-0.25, -0.2) is 4.39 Å². The minimum atomic E-state index is -0.477. The van der Waals surface area contributed by atoms with Crippen LogP contribution in [0.4, 0.5) is 16.0 Å². The van der Waals surface area contributed by atoms with E-state index in [9.17, 15) is 4.39 Å². The van der Waals surface area contributed by atoms with E-state index >= 15 is 0 Å². The Labute approximate surface area is 125 Å². The van der Waals surface area contributed by atoms with Gasteiger partial charge in [0, 0.05) is 11.8 Å². The van der Waals surface area contributed by atoms with Crippen molar-refractivity contribution in [1.82, 2.24) is 4.98 Å². The average Bonchev–Trinajstić information content (AvgIpc) is 2.77. The molecule has 0 bridgehead atoms. The predicted octanol–water partition coefficient (Wildman–Crippen LogP) is 4.01. The maximum absolute atomic E-state index is 13.3. The molecule has 3 rings (SSSR count). The number of nitrogens with zero attached hydrogens (tertiary/aromatic N) is 1. The Morgan fingerprint density at radius 2 is 2.10 bits per heavy atom. The molecule has 0 radical (unpaired) electrons. The van der Waals surface area contributed by atoms with Crippen LogP contribution in [0, 0.1) is 5.82 Å². The lowest BCUT2D eigenvalue weighted by atomic mass is 10.0. The number of fused-ring (bicyclic) bond motifs is 1. The van der Waals surface area contributed by atoms with E-state index in [0.29, 0.717) is 34.2 Å². The van der Waals surface area contributed by atoms with E-state index in [-0.39, 0.29) is 10.9 Å². The molecule has 0 saturated carbocycles. The fourth-order valence-corrected chi connectivity index (χ4v) is 2.51. The van der Waals surface area contributed by atoms with Gasteiger partial charge in [0.15, 0.2) is 5.58 Å². The van der Waals surface area contributed by atoms with E-state index in [0.717, 1.165) is 5.69 Å². The summed E-state index contributed by atoms with van der Waals surface area (Å²) in [7, 11) is 0. The number of pyridine rings is 1. The smallest absolute Gasteiger partial charge is 0.214 e. The van der Waals surface area contributed by atoms with Crippen molar-refractivity contribution in [3.05, 3.63) is 40.9 Å². The lowest BCUT2D eigenvalue weighted by Crippen LogP contribution is -1.93. The molecule has 0 spiro atoms. The first-order valence-electron chi connectivity index (χ1n) is 6.43. The predicted molar refractivity (Wildman–Crippen MR) is 82.6 cm³/mol. The minimum Gasteiger partial charge on any atom is -0.437 e. The number of aromatic nitrogens is 1. The molecule has 0 fully saturated rings.